The van der Waals surface area contributed by atoms with Gasteiger partial charge in [-0.05, 0) is 73.2 Å². The van der Waals surface area contributed by atoms with Gasteiger partial charge >= 0.3 is 5.97 Å². The van der Waals surface area contributed by atoms with Gasteiger partial charge in [0.1, 0.15) is 17.3 Å². The molecule has 3 aromatic rings. The molecule has 0 saturated heterocycles. The molecule has 34 heavy (non-hydrogen) atoms. The van der Waals surface area contributed by atoms with Gasteiger partial charge in [0, 0.05) is 11.3 Å². The van der Waals surface area contributed by atoms with Gasteiger partial charge in [-0.3, -0.25) is 9.78 Å². The number of phenolic OH excluding ortho intramolecular Hbond substituents is 1. The zero-order chi connectivity index (χ0) is 24.5. The monoisotopic (exact) mass is 465 g/mol. The summed E-state index contributed by atoms with van der Waals surface area (Å²) in [5.41, 5.74) is 4.43. The number of aryl methyl sites for hydroxylation is 2. The summed E-state index contributed by atoms with van der Waals surface area (Å²) in [7, 11) is 1.58. The number of ether oxygens (including phenoxy) is 1. The van der Waals surface area contributed by atoms with Crippen molar-refractivity contribution in [2.75, 3.05) is 7.11 Å². The van der Waals surface area contributed by atoms with Crippen molar-refractivity contribution in [2.45, 2.75) is 51.9 Å². The van der Waals surface area contributed by atoms with Crippen LogP contribution in [-0.2, 0) is 24.1 Å². The molecule has 1 saturated carbocycles. The predicted octanol–water partition coefficient (Wildman–Crippen LogP) is 6.21. The lowest BCUT2D eigenvalue weighted by atomic mass is 10.0. The molecule has 180 valence electrons. The Morgan fingerprint density at radius 1 is 1.06 bits per heavy atom. The third kappa shape index (κ3) is 7.58. The van der Waals surface area contributed by atoms with E-state index in [1.54, 1.807) is 50.4 Å². The van der Waals surface area contributed by atoms with Crippen molar-refractivity contribution in [1.82, 2.24) is 4.98 Å². The number of benzene rings is 2. The number of carbonyl (C=O) groups is 1. The van der Waals surface area contributed by atoms with Crippen LogP contribution in [0.2, 0.25) is 0 Å². The van der Waals surface area contributed by atoms with E-state index >= 15 is 0 Å². The second-order valence-corrected chi connectivity index (χ2v) is 8.68. The Labute approximate surface area is 200 Å². The number of hydrogen-bond donors (Lipinski definition) is 2. The lowest BCUT2D eigenvalue weighted by Crippen LogP contribution is -2.11. The maximum Gasteiger partial charge on any atom is 0.306 e. The SMILES string of the molecule is C1CC1.CC(Cc1cccc(O)c1)C(=O)O.COc1ccc(F)c(-c2ccc3c(n2)CCC3)c1. The van der Waals surface area contributed by atoms with Crippen LogP contribution in [0, 0.1) is 11.7 Å². The van der Waals surface area contributed by atoms with Gasteiger partial charge in [0.15, 0.2) is 0 Å². The van der Waals surface area contributed by atoms with Crippen LogP contribution in [0.25, 0.3) is 11.3 Å². The molecule has 0 spiro atoms. The summed E-state index contributed by atoms with van der Waals surface area (Å²) in [6.07, 6.45) is 8.17. The van der Waals surface area contributed by atoms with Crippen molar-refractivity contribution in [3.05, 3.63) is 77.2 Å². The quantitative estimate of drug-likeness (QED) is 0.468. The van der Waals surface area contributed by atoms with Crippen LogP contribution >= 0.6 is 0 Å². The molecule has 5 nitrogen and oxygen atoms in total. The first-order chi connectivity index (χ1) is 16.4. The topological polar surface area (TPSA) is 79.7 Å². The molecular weight excluding hydrogens is 433 g/mol. The lowest BCUT2D eigenvalue weighted by Gasteiger charge is -2.07. The molecule has 6 heteroatoms. The van der Waals surface area contributed by atoms with Crippen LogP contribution in [0.5, 0.6) is 11.5 Å². The number of nitrogens with zero attached hydrogens (tertiary/aromatic N) is 1. The third-order valence-corrected chi connectivity index (χ3v) is 5.61. The number of pyridine rings is 1. The fourth-order valence-corrected chi connectivity index (χ4v) is 3.52. The van der Waals surface area contributed by atoms with Crippen molar-refractivity contribution < 1.29 is 24.1 Å². The molecule has 5 rings (SSSR count). The summed E-state index contributed by atoms with van der Waals surface area (Å²) in [6.45, 7) is 1.65. The first-order valence-corrected chi connectivity index (χ1v) is 11.7. The van der Waals surface area contributed by atoms with Crippen LogP contribution in [0.15, 0.2) is 54.6 Å². The van der Waals surface area contributed by atoms with Gasteiger partial charge in [0.2, 0.25) is 0 Å². The number of carboxylic acids is 1. The van der Waals surface area contributed by atoms with E-state index in [4.69, 9.17) is 14.9 Å². The Morgan fingerprint density at radius 2 is 1.82 bits per heavy atom. The number of phenols is 1. The zero-order valence-corrected chi connectivity index (χ0v) is 19.8. The van der Waals surface area contributed by atoms with E-state index in [-0.39, 0.29) is 11.6 Å². The lowest BCUT2D eigenvalue weighted by molar-refractivity contribution is -0.141. The van der Waals surface area contributed by atoms with Gasteiger partial charge in [-0.15, -0.1) is 0 Å². The van der Waals surface area contributed by atoms with Crippen molar-refractivity contribution in [2.24, 2.45) is 5.92 Å². The summed E-state index contributed by atoms with van der Waals surface area (Å²) in [5, 5.41) is 17.8. The summed E-state index contributed by atoms with van der Waals surface area (Å²) in [5.74, 6) is -0.671. The molecule has 2 N–H and O–H groups in total. The maximum absolute atomic E-state index is 13.8. The highest BCUT2D eigenvalue weighted by Gasteiger charge is 2.15. The van der Waals surface area contributed by atoms with E-state index in [1.807, 2.05) is 6.07 Å². The van der Waals surface area contributed by atoms with Gasteiger partial charge in [0.25, 0.3) is 0 Å². The van der Waals surface area contributed by atoms with Crippen molar-refractivity contribution in [1.29, 1.82) is 0 Å². The number of aliphatic carboxylic acids is 1. The van der Waals surface area contributed by atoms with Crippen molar-refractivity contribution >= 4 is 5.97 Å². The minimum absolute atomic E-state index is 0.176. The number of fused-ring (bicyclic) bond motifs is 1. The van der Waals surface area contributed by atoms with Gasteiger partial charge in [0.05, 0.1) is 18.7 Å². The molecule has 0 aliphatic heterocycles. The Balaban J connectivity index is 0.000000177. The average Bonchev–Trinajstić information content (AvgIpc) is 3.64. The summed E-state index contributed by atoms with van der Waals surface area (Å²) in [6, 6.07) is 15.3. The van der Waals surface area contributed by atoms with Crippen molar-refractivity contribution in [3.63, 3.8) is 0 Å². The molecule has 2 aromatic carbocycles. The molecule has 1 aromatic heterocycles. The highest BCUT2D eigenvalue weighted by atomic mass is 19.1. The van der Waals surface area contributed by atoms with E-state index in [9.17, 15) is 9.18 Å². The van der Waals surface area contributed by atoms with Crippen LogP contribution in [0.4, 0.5) is 4.39 Å². The van der Waals surface area contributed by atoms with Gasteiger partial charge < -0.3 is 14.9 Å². The fourth-order valence-electron chi connectivity index (χ4n) is 3.52. The van der Waals surface area contributed by atoms with E-state index in [0.717, 1.165) is 30.5 Å². The molecular formula is C28H32FNO4. The number of carboxylic acid groups (broad SMARTS) is 1. The number of rotatable bonds is 5. The van der Waals surface area contributed by atoms with E-state index in [1.165, 1.54) is 30.9 Å². The molecule has 1 fully saturated rings. The van der Waals surface area contributed by atoms with E-state index in [0.29, 0.717) is 23.4 Å². The van der Waals surface area contributed by atoms with Crippen LogP contribution < -0.4 is 4.74 Å². The molecule has 0 amide bonds. The summed E-state index contributed by atoms with van der Waals surface area (Å²) in [4.78, 5) is 15.1. The second kappa shape index (κ2) is 12.2. The van der Waals surface area contributed by atoms with E-state index in [2.05, 4.69) is 11.1 Å². The second-order valence-electron chi connectivity index (χ2n) is 8.68. The number of halogens is 1. The fraction of sp³-hybridized carbons (Fsp3) is 0.357. The number of aromatic hydroxyl groups is 1. The van der Waals surface area contributed by atoms with E-state index < -0.39 is 11.9 Å². The third-order valence-electron chi connectivity index (χ3n) is 5.61. The first-order valence-electron chi connectivity index (χ1n) is 11.7. The Hall–Kier alpha value is -3.41. The first kappa shape index (κ1) is 25.2. The van der Waals surface area contributed by atoms with Crippen LogP contribution in [0.3, 0.4) is 0 Å². The Bertz CT molecular complexity index is 1110. The van der Waals surface area contributed by atoms with Crippen LogP contribution in [-0.4, -0.2) is 28.3 Å². The predicted molar refractivity (Wildman–Crippen MR) is 131 cm³/mol. The molecule has 1 heterocycles. The van der Waals surface area contributed by atoms with Crippen LogP contribution in [0.1, 0.15) is 49.4 Å². The number of aromatic nitrogens is 1. The van der Waals surface area contributed by atoms with Gasteiger partial charge in [-0.1, -0.05) is 44.4 Å². The van der Waals surface area contributed by atoms with Gasteiger partial charge in [-0.25, -0.2) is 4.39 Å². The largest absolute Gasteiger partial charge is 0.508 e. The standard InChI is InChI=1S/C15H14FNO.C10H12O3.C3H6/c1-18-11-6-7-13(16)12(9-11)15-8-5-10-3-2-4-14(10)17-15;1-7(10(12)13)5-8-3-2-4-9(11)6-8;1-2-3-1/h5-9H,2-4H2,1H3;2-4,6-7,11H,5H2,1H3,(H,12,13);1-3H2. The van der Waals surface area contributed by atoms with Crippen molar-refractivity contribution in [3.8, 4) is 22.8 Å². The van der Waals surface area contributed by atoms with Gasteiger partial charge in [-0.2, -0.15) is 0 Å². The minimum atomic E-state index is -0.816. The zero-order valence-electron chi connectivity index (χ0n) is 19.8. The molecule has 0 radical (unpaired) electrons. The highest BCUT2D eigenvalue weighted by Crippen LogP contribution is 2.29. The summed E-state index contributed by atoms with van der Waals surface area (Å²) >= 11 is 0. The minimum Gasteiger partial charge on any atom is -0.508 e. The Morgan fingerprint density at radius 3 is 2.47 bits per heavy atom. The normalized spacial score (nSPS) is 14.0. The smallest absolute Gasteiger partial charge is 0.306 e. The average molecular weight is 466 g/mol. The molecule has 2 aliphatic carbocycles. The summed E-state index contributed by atoms with van der Waals surface area (Å²) < 4.78 is 19.0. The molecule has 0 bridgehead atoms. The molecule has 2 aliphatic rings. The Kier molecular flexibility index (Phi) is 9.02. The molecule has 1 unspecified atom stereocenters. The number of methoxy groups -OCH3 is 1. The highest BCUT2D eigenvalue weighted by molar-refractivity contribution is 5.70. The number of hydrogen-bond acceptors (Lipinski definition) is 4. The molecule has 1 atom stereocenters. The maximum atomic E-state index is 13.8.